The van der Waals surface area contributed by atoms with Crippen molar-refractivity contribution in [3.05, 3.63) is 53.3 Å². The SMILES string of the molecule is Nc1ccc(F)cc1SCCOc1ccc(Cl)cc1. The molecule has 2 nitrogen and oxygen atoms in total. The molecule has 0 fully saturated rings. The standard InChI is InChI=1S/C14H13ClFNOS/c15-10-1-4-12(5-2-10)18-7-8-19-14-9-11(16)3-6-13(14)17/h1-6,9H,7-8,17H2. The Kier molecular flexibility index (Phi) is 4.93. The van der Waals surface area contributed by atoms with Gasteiger partial charge in [-0.3, -0.25) is 0 Å². The Morgan fingerprint density at radius 3 is 2.63 bits per heavy atom. The molecule has 0 unspecified atom stereocenters. The highest BCUT2D eigenvalue weighted by Crippen LogP contribution is 2.25. The summed E-state index contributed by atoms with van der Waals surface area (Å²) in [6, 6.07) is 11.5. The fraction of sp³-hybridized carbons (Fsp3) is 0.143. The number of ether oxygens (including phenoxy) is 1. The van der Waals surface area contributed by atoms with Crippen molar-refractivity contribution >= 4 is 29.1 Å². The van der Waals surface area contributed by atoms with Crippen molar-refractivity contribution in [2.24, 2.45) is 0 Å². The number of hydrogen-bond donors (Lipinski definition) is 1. The highest BCUT2D eigenvalue weighted by Gasteiger charge is 2.02. The van der Waals surface area contributed by atoms with Crippen molar-refractivity contribution in [1.29, 1.82) is 0 Å². The Morgan fingerprint density at radius 1 is 1.16 bits per heavy atom. The number of thioether (sulfide) groups is 1. The van der Waals surface area contributed by atoms with Crippen molar-refractivity contribution in [3.63, 3.8) is 0 Å². The molecule has 0 heterocycles. The van der Waals surface area contributed by atoms with Crippen LogP contribution in [0.25, 0.3) is 0 Å². The van der Waals surface area contributed by atoms with Crippen LogP contribution in [0.3, 0.4) is 0 Å². The lowest BCUT2D eigenvalue weighted by Crippen LogP contribution is -2.00. The summed E-state index contributed by atoms with van der Waals surface area (Å²) >= 11 is 7.24. The lowest BCUT2D eigenvalue weighted by molar-refractivity contribution is 0.344. The molecule has 0 atom stereocenters. The number of benzene rings is 2. The molecule has 2 rings (SSSR count). The minimum Gasteiger partial charge on any atom is -0.493 e. The maximum atomic E-state index is 13.0. The summed E-state index contributed by atoms with van der Waals surface area (Å²) in [5, 5.41) is 0.675. The van der Waals surface area contributed by atoms with Crippen LogP contribution in [-0.4, -0.2) is 12.4 Å². The summed E-state index contributed by atoms with van der Waals surface area (Å²) in [7, 11) is 0. The van der Waals surface area contributed by atoms with E-state index < -0.39 is 0 Å². The quantitative estimate of drug-likeness (QED) is 0.509. The van der Waals surface area contributed by atoms with Crippen molar-refractivity contribution in [2.75, 3.05) is 18.1 Å². The molecule has 0 bridgehead atoms. The Morgan fingerprint density at radius 2 is 1.89 bits per heavy atom. The molecule has 0 saturated carbocycles. The second kappa shape index (κ2) is 6.68. The number of rotatable bonds is 5. The largest absolute Gasteiger partial charge is 0.493 e. The monoisotopic (exact) mass is 297 g/mol. The fourth-order valence-corrected chi connectivity index (χ4v) is 2.42. The van der Waals surface area contributed by atoms with Gasteiger partial charge in [-0.05, 0) is 42.5 Å². The zero-order chi connectivity index (χ0) is 13.7. The van der Waals surface area contributed by atoms with E-state index in [9.17, 15) is 4.39 Å². The van der Waals surface area contributed by atoms with Gasteiger partial charge in [-0.1, -0.05) is 11.6 Å². The van der Waals surface area contributed by atoms with Crippen LogP contribution >= 0.6 is 23.4 Å². The molecule has 0 saturated heterocycles. The van der Waals surface area contributed by atoms with Crippen LogP contribution in [0.5, 0.6) is 5.75 Å². The van der Waals surface area contributed by atoms with Crippen LogP contribution in [0.2, 0.25) is 5.02 Å². The molecule has 5 heteroatoms. The van der Waals surface area contributed by atoms with E-state index in [2.05, 4.69) is 0 Å². The zero-order valence-electron chi connectivity index (χ0n) is 10.1. The Hall–Kier alpha value is -1.39. The van der Waals surface area contributed by atoms with Gasteiger partial charge in [0.25, 0.3) is 0 Å². The summed E-state index contributed by atoms with van der Waals surface area (Å²) in [6.45, 7) is 0.516. The van der Waals surface area contributed by atoms with Gasteiger partial charge in [0.05, 0.1) is 6.61 Å². The third kappa shape index (κ3) is 4.33. The zero-order valence-corrected chi connectivity index (χ0v) is 11.7. The third-order valence-corrected chi connectivity index (χ3v) is 3.69. The van der Waals surface area contributed by atoms with E-state index in [1.807, 2.05) is 12.1 Å². The van der Waals surface area contributed by atoms with Crippen molar-refractivity contribution in [3.8, 4) is 5.75 Å². The normalized spacial score (nSPS) is 10.4. The predicted molar refractivity (Wildman–Crippen MR) is 78.5 cm³/mol. The van der Waals surface area contributed by atoms with E-state index in [-0.39, 0.29) is 5.82 Å². The summed E-state index contributed by atoms with van der Waals surface area (Å²) < 4.78 is 18.6. The van der Waals surface area contributed by atoms with Crippen LogP contribution in [-0.2, 0) is 0 Å². The molecule has 0 aliphatic carbocycles. The molecular weight excluding hydrogens is 285 g/mol. The van der Waals surface area contributed by atoms with Gasteiger partial charge in [-0.2, -0.15) is 0 Å². The first-order chi connectivity index (χ1) is 9.15. The van der Waals surface area contributed by atoms with Gasteiger partial charge < -0.3 is 10.5 Å². The van der Waals surface area contributed by atoms with Gasteiger partial charge in [-0.25, -0.2) is 4.39 Å². The molecule has 0 spiro atoms. The smallest absolute Gasteiger partial charge is 0.124 e. The van der Waals surface area contributed by atoms with Gasteiger partial charge >= 0.3 is 0 Å². The number of hydrogen-bond acceptors (Lipinski definition) is 3. The maximum absolute atomic E-state index is 13.0. The Bertz CT molecular complexity index is 548. The molecule has 2 aromatic rings. The van der Waals surface area contributed by atoms with Crippen molar-refractivity contribution < 1.29 is 9.13 Å². The van der Waals surface area contributed by atoms with Gasteiger partial charge in [0.2, 0.25) is 0 Å². The van der Waals surface area contributed by atoms with Crippen LogP contribution in [0.15, 0.2) is 47.4 Å². The summed E-state index contributed by atoms with van der Waals surface area (Å²) in [5.74, 6) is 1.17. The van der Waals surface area contributed by atoms with E-state index in [0.717, 1.165) is 10.6 Å². The molecule has 0 aliphatic rings. The van der Waals surface area contributed by atoms with Gasteiger partial charge in [0.15, 0.2) is 0 Å². The Labute approximate surface area is 120 Å². The highest BCUT2D eigenvalue weighted by atomic mass is 35.5. The van der Waals surface area contributed by atoms with Gasteiger partial charge in [-0.15, -0.1) is 11.8 Å². The Balaban J connectivity index is 1.80. The van der Waals surface area contributed by atoms with Gasteiger partial charge in [0, 0.05) is 21.4 Å². The van der Waals surface area contributed by atoms with Crippen LogP contribution in [0, 0.1) is 5.82 Å². The second-order valence-corrected chi connectivity index (χ2v) is 5.41. The number of halogens is 2. The first-order valence-electron chi connectivity index (χ1n) is 5.71. The molecule has 19 heavy (non-hydrogen) atoms. The lowest BCUT2D eigenvalue weighted by atomic mass is 10.3. The first-order valence-corrected chi connectivity index (χ1v) is 7.08. The van der Waals surface area contributed by atoms with E-state index in [4.69, 9.17) is 22.1 Å². The van der Waals surface area contributed by atoms with Crippen LogP contribution in [0.4, 0.5) is 10.1 Å². The topological polar surface area (TPSA) is 35.2 Å². The summed E-state index contributed by atoms with van der Waals surface area (Å²) in [5.41, 5.74) is 6.34. The minimum absolute atomic E-state index is 0.282. The summed E-state index contributed by atoms with van der Waals surface area (Å²) in [4.78, 5) is 0.736. The van der Waals surface area contributed by atoms with Crippen LogP contribution in [0.1, 0.15) is 0 Å². The first kappa shape index (κ1) is 14.0. The predicted octanol–water partition coefficient (Wildman–Crippen LogP) is 4.23. The lowest BCUT2D eigenvalue weighted by Gasteiger charge is -2.07. The molecule has 2 aromatic carbocycles. The molecule has 0 aromatic heterocycles. The van der Waals surface area contributed by atoms with E-state index in [0.29, 0.717) is 23.1 Å². The fourth-order valence-electron chi connectivity index (χ4n) is 1.48. The van der Waals surface area contributed by atoms with Crippen molar-refractivity contribution in [1.82, 2.24) is 0 Å². The summed E-state index contributed by atoms with van der Waals surface area (Å²) in [6.07, 6.45) is 0. The molecule has 0 radical (unpaired) electrons. The number of nitrogens with two attached hydrogens (primary N) is 1. The molecular formula is C14H13ClFNOS. The maximum Gasteiger partial charge on any atom is 0.124 e. The second-order valence-electron chi connectivity index (χ2n) is 3.83. The average Bonchev–Trinajstić information content (AvgIpc) is 2.40. The third-order valence-electron chi connectivity index (χ3n) is 2.40. The van der Waals surface area contributed by atoms with Crippen molar-refractivity contribution in [2.45, 2.75) is 4.90 Å². The van der Waals surface area contributed by atoms with E-state index in [1.165, 1.54) is 23.9 Å². The molecule has 0 amide bonds. The van der Waals surface area contributed by atoms with E-state index in [1.54, 1.807) is 18.2 Å². The molecule has 2 N–H and O–H groups in total. The van der Waals surface area contributed by atoms with E-state index >= 15 is 0 Å². The highest BCUT2D eigenvalue weighted by molar-refractivity contribution is 7.99. The molecule has 0 aliphatic heterocycles. The number of nitrogen functional groups attached to an aromatic ring is 1. The molecule has 100 valence electrons. The minimum atomic E-state index is -0.282. The van der Waals surface area contributed by atoms with Gasteiger partial charge in [0.1, 0.15) is 11.6 Å². The number of anilines is 1. The van der Waals surface area contributed by atoms with Crippen LogP contribution < -0.4 is 10.5 Å². The average molecular weight is 298 g/mol.